The summed E-state index contributed by atoms with van der Waals surface area (Å²) in [6.45, 7) is 4.53. The van der Waals surface area contributed by atoms with Crippen molar-refractivity contribution < 1.29 is 0 Å². The minimum absolute atomic E-state index is 0.408. The first kappa shape index (κ1) is 16.0. The third-order valence-electron chi connectivity index (χ3n) is 5.40. The van der Waals surface area contributed by atoms with E-state index in [1.54, 1.807) is 0 Å². The number of hydrogen-bond acceptors (Lipinski definition) is 1. The van der Waals surface area contributed by atoms with Crippen LogP contribution in [0.15, 0.2) is 72.8 Å². The van der Waals surface area contributed by atoms with E-state index in [1.807, 2.05) is 0 Å². The fourth-order valence-electron chi connectivity index (χ4n) is 4.01. The molecule has 0 N–H and O–H groups in total. The average molecular weight is 327 g/mol. The Morgan fingerprint density at radius 1 is 0.800 bits per heavy atom. The van der Waals surface area contributed by atoms with Gasteiger partial charge in [-0.1, -0.05) is 74.5 Å². The summed E-state index contributed by atoms with van der Waals surface area (Å²) < 4.78 is 0. The number of hydrogen-bond donors (Lipinski definition) is 0. The second kappa shape index (κ2) is 6.40. The van der Waals surface area contributed by atoms with Crippen LogP contribution in [0.2, 0.25) is 0 Å². The Hall–Kier alpha value is -2.54. The number of rotatable bonds is 3. The third kappa shape index (κ3) is 2.84. The van der Waals surface area contributed by atoms with E-state index in [0.717, 1.165) is 6.42 Å². The maximum Gasteiger partial charge on any atom is 0.0447 e. The fourth-order valence-corrected chi connectivity index (χ4v) is 4.01. The van der Waals surface area contributed by atoms with Crippen LogP contribution in [-0.2, 0) is 6.42 Å². The van der Waals surface area contributed by atoms with Gasteiger partial charge in [-0.3, -0.25) is 0 Å². The van der Waals surface area contributed by atoms with Crippen LogP contribution < -0.4 is 4.90 Å². The first-order valence-electron chi connectivity index (χ1n) is 9.15. The van der Waals surface area contributed by atoms with Crippen LogP contribution in [0.4, 0.5) is 11.4 Å². The van der Waals surface area contributed by atoms with Crippen molar-refractivity contribution in [1.82, 2.24) is 0 Å². The first-order chi connectivity index (χ1) is 12.1. The highest BCUT2D eigenvalue weighted by atomic mass is 15.1. The van der Waals surface area contributed by atoms with E-state index in [-0.39, 0.29) is 0 Å². The molecule has 3 aromatic carbocycles. The molecule has 25 heavy (non-hydrogen) atoms. The molecule has 0 atom stereocenters. The Morgan fingerprint density at radius 2 is 1.40 bits per heavy atom. The summed E-state index contributed by atoms with van der Waals surface area (Å²) in [5.41, 5.74) is 8.35. The van der Waals surface area contributed by atoms with Crippen LogP contribution in [0.3, 0.4) is 0 Å². The Labute approximate surface area is 150 Å². The molecule has 1 aliphatic rings. The zero-order valence-corrected chi connectivity index (χ0v) is 15.2. The fraction of sp³-hybridized carbons (Fsp3) is 0.250. The van der Waals surface area contributed by atoms with Crippen LogP contribution in [0.5, 0.6) is 0 Å². The quantitative estimate of drug-likeness (QED) is 0.548. The standard InChI is InChI=1S/C24H25N/c1-17(2)19-10-8-9-18(15-19)16-22-20-11-4-6-13-23(20)25(3)24-14-7-5-12-21(22)24/h4-15,17,22H,16H2,1-3H3. The predicted octanol–water partition coefficient (Wildman–Crippen LogP) is 6.27. The van der Waals surface area contributed by atoms with Gasteiger partial charge in [0.15, 0.2) is 0 Å². The second-order valence-electron chi connectivity index (χ2n) is 7.33. The van der Waals surface area contributed by atoms with E-state index in [2.05, 4.69) is 98.6 Å². The maximum atomic E-state index is 2.38. The molecule has 0 amide bonds. The Morgan fingerprint density at radius 3 is 2.00 bits per heavy atom. The summed E-state index contributed by atoms with van der Waals surface area (Å²) >= 11 is 0. The van der Waals surface area contributed by atoms with Crippen LogP contribution in [0, 0.1) is 0 Å². The number of benzene rings is 3. The molecule has 0 saturated heterocycles. The van der Waals surface area contributed by atoms with Gasteiger partial charge in [-0.25, -0.2) is 0 Å². The minimum Gasteiger partial charge on any atom is -0.344 e. The summed E-state index contributed by atoms with van der Waals surface area (Å²) in [7, 11) is 2.17. The van der Waals surface area contributed by atoms with Crippen LogP contribution in [0.25, 0.3) is 0 Å². The Kier molecular flexibility index (Phi) is 4.09. The molecule has 4 rings (SSSR count). The SMILES string of the molecule is CC(C)c1cccc(CC2c3ccccc3N(C)c3ccccc32)c1. The van der Waals surface area contributed by atoms with Gasteiger partial charge in [-0.15, -0.1) is 0 Å². The van der Waals surface area contributed by atoms with Crippen LogP contribution in [-0.4, -0.2) is 7.05 Å². The van der Waals surface area contributed by atoms with Gasteiger partial charge < -0.3 is 4.90 Å². The van der Waals surface area contributed by atoms with Gasteiger partial charge in [0, 0.05) is 24.3 Å². The van der Waals surface area contributed by atoms with Crippen LogP contribution >= 0.6 is 0 Å². The van der Waals surface area contributed by atoms with Crippen molar-refractivity contribution in [3.05, 3.63) is 95.1 Å². The number of nitrogens with zero attached hydrogens (tertiary/aromatic N) is 1. The number of para-hydroxylation sites is 2. The van der Waals surface area contributed by atoms with Crippen molar-refractivity contribution in [1.29, 1.82) is 0 Å². The molecule has 0 saturated carbocycles. The minimum atomic E-state index is 0.408. The molecule has 1 heteroatoms. The predicted molar refractivity (Wildman–Crippen MR) is 107 cm³/mol. The van der Waals surface area contributed by atoms with E-state index in [4.69, 9.17) is 0 Å². The van der Waals surface area contributed by atoms with Crippen LogP contribution in [0.1, 0.15) is 47.9 Å². The monoisotopic (exact) mass is 327 g/mol. The maximum absolute atomic E-state index is 2.38. The first-order valence-corrected chi connectivity index (χ1v) is 9.15. The lowest BCUT2D eigenvalue weighted by Gasteiger charge is -2.35. The van der Waals surface area contributed by atoms with Gasteiger partial charge >= 0.3 is 0 Å². The lowest BCUT2D eigenvalue weighted by Crippen LogP contribution is -2.22. The molecule has 0 spiro atoms. The Bertz CT molecular complexity index is 846. The van der Waals surface area contributed by atoms with Crippen molar-refractivity contribution in [2.75, 3.05) is 11.9 Å². The van der Waals surface area contributed by atoms with Gasteiger partial charge in [-0.2, -0.15) is 0 Å². The molecule has 0 aromatic heterocycles. The zero-order valence-electron chi connectivity index (χ0n) is 15.2. The highest BCUT2D eigenvalue weighted by Gasteiger charge is 2.28. The van der Waals surface area contributed by atoms with E-state index in [1.165, 1.54) is 33.6 Å². The van der Waals surface area contributed by atoms with Crippen molar-refractivity contribution in [2.45, 2.75) is 32.1 Å². The molecule has 0 fully saturated rings. The van der Waals surface area contributed by atoms with Crippen molar-refractivity contribution in [2.24, 2.45) is 0 Å². The Balaban J connectivity index is 1.80. The molecular weight excluding hydrogens is 302 g/mol. The number of fused-ring (bicyclic) bond motifs is 2. The van der Waals surface area contributed by atoms with Gasteiger partial charge in [0.1, 0.15) is 0 Å². The highest BCUT2D eigenvalue weighted by molar-refractivity contribution is 5.75. The van der Waals surface area contributed by atoms with Crippen molar-refractivity contribution >= 4 is 11.4 Å². The van der Waals surface area contributed by atoms with E-state index >= 15 is 0 Å². The lowest BCUT2D eigenvalue weighted by atomic mass is 9.81. The van der Waals surface area contributed by atoms with Gasteiger partial charge in [0.05, 0.1) is 0 Å². The van der Waals surface area contributed by atoms with Gasteiger partial charge in [0.2, 0.25) is 0 Å². The van der Waals surface area contributed by atoms with E-state index < -0.39 is 0 Å². The zero-order chi connectivity index (χ0) is 17.4. The summed E-state index contributed by atoms with van der Waals surface area (Å²) in [5.74, 6) is 0.975. The molecule has 0 unspecified atom stereocenters. The summed E-state index contributed by atoms with van der Waals surface area (Å²) in [4.78, 5) is 2.33. The largest absolute Gasteiger partial charge is 0.344 e. The van der Waals surface area contributed by atoms with E-state index in [0.29, 0.717) is 11.8 Å². The van der Waals surface area contributed by atoms with Gasteiger partial charge in [0.25, 0.3) is 0 Å². The van der Waals surface area contributed by atoms with Crippen molar-refractivity contribution in [3.63, 3.8) is 0 Å². The van der Waals surface area contributed by atoms with E-state index in [9.17, 15) is 0 Å². The van der Waals surface area contributed by atoms with Gasteiger partial charge in [-0.05, 0) is 46.7 Å². The molecule has 0 radical (unpaired) electrons. The molecule has 0 bridgehead atoms. The molecule has 3 aromatic rings. The molecular formula is C24H25N. The smallest absolute Gasteiger partial charge is 0.0447 e. The summed E-state index contributed by atoms with van der Waals surface area (Å²) in [5, 5.41) is 0. The average Bonchev–Trinajstić information content (AvgIpc) is 2.65. The highest BCUT2D eigenvalue weighted by Crippen LogP contribution is 2.45. The molecule has 1 aliphatic heterocycles. The normalized spacial score (nSPS) is 13.7. The molecule has 1 nitrogen and oxygen atoms in total. The molecule has 1 heterocycles. The van der Waals surface area contributed by atoms with Crippen molar-refractivity contribution in [3.8, 4) is 0 Å². The molecule has 0 aliphatic carbocycles. The topological polar surface area (TPSA) is 3.24 Å². The molecule has 126 valence electrons. The number of anilines is 2. The summed E-state index contributed by atoms with van der Waals surface area (Å²) in [6, 6.07) is 26.8. The lowest BCUT2D eigenvalue weighted by molar-refractivity contribution is 0.780. The second-order valence-corrected chi connectivity index (χ2v) is 7.33. The summed E-state index contributed by atoms with van der Waals surface area (Å²) in [6.07, 6.45) is 1.04. The third-order valence-corrected chi connectivity index (χ3v) is 5.40.